The van der Waals surface area contributed by atoms with Crippen LogP contribution in [0.3, 0.4) is 0 Å². The van der Waals surface area contributed by atoms with Gasteiger partial charge in [0.25, 0.3) is 0 Å². The minimum absolute atomic E-state index is 0.266. The Labute approximate surface area is 103 Å². The quantitative estimate of drug-likeness (QED) is 0.726. The predicted molar refractivity (Wildman–Crippen MR) is 64.6 cm³/mol. The number of nitrogens with one attached hydrogen (secondary N) is 1. The highest BCUT2D eigenvalue weighted by molar-refractivity contribution is 5.81. The van der Waals surface area contributed by atoms with Crippen LogP contribution in [0.2, 0.25) is 0 Å². The molecule has 100 valence electrons. The summed E-state index contributed by atoms with van der Waals surface area (Å²) < 4.78 is 9.58. The Hall–Kier alpha value is -1.26. The Morgan fingerprint density at radius 2 is 1.71 bits per heavy atom. The molecule has 17 heavy (non-hydrogen) atoms. The molecule has 0 rings (SSSR count). The maximum atomic E-state index is 11.4. The second-order valence-electron chi connectivity index (χ2n) is 4.84. The van der Waals surface area contributed by atoms with Crippen molar-refractivity contribution in [1.82, 2.24) is 5.32 Å². The molecular weight excluding hydrogens is 222 g/mol. The number of hydrogen-bond acceptors (Lipinski definition) is 4. The maximum absolute atomic E-state index is 11.4. The summed E-state index contributed by atoms with van der Waals surface area (Å²) >= 11 is 0. The van der Waals surface area contributed by atoms with Crippen molar-refractivity contribution in [3.05, 3.63) is 0 Å². The second kappa shape index (κ2) is 7.92. The Morgan fingerprint density at radius 3 is 2.12 bits per heavy atom. The number of rotatable bonds is 6. The van der Waals surface area contributed by atoms with Gasteiger partial charge in [-0.15, -0.1) is 0 Å². The van der Waals surface area contributed by atoms with Gasteiger partial charge in [0.1, 0.15) is 6.04 Å². The lowest BCUT2D eigenvalue weighted by atomic mass is 10.0. The minimum atomic E-state index is -0.639. The van der Waals surface area contributed by atoms with E-state index in [0.717, 1.165) is 0 Å². The van der Waals surface area contributed by atoms with Crippen LogP contribution in [0.1, 0.15) is 34.1 Å². The molecule has 0 aromatic carbocycles. The number of hydrogen-bond donors (Lipinski definition) is 1. The third-order valence-electron chi connectivity index (χ3n) is 2.03. The van der Waals surface area contributed by atoms with E-state index in [-0.39, 0.29) is 11.8 Å². The van der Waals surface area contributed by atoms with Gasteiger partial charge in [0.15, 0.2) is 0 Å². The zero-order chi connectivity index (χ0) is 13.4. The van der Waals surface area contributed by atoms with Crippen molar-refractivity contribution in [2.75, 3.05) is 13.7 Å². The molecule has 0 aliphatic rings. The molecule has 1 amide bonds. The van der Waals surface area contributed by atoms with Gasteiger partial charge < -0.3 is 14.8 Å². The number of esters is 1. The van der Waals surface area contributed by atoms with Crippen LogP contribution in [0.25, 0.3) is 0 Å². The molecule has 0 heterocycles. The van der Waals surface area contributed by atoms with Crippen molar-refractivity contribution in [3.63, 3.8) is 0 Å². The van der Waals surface area contributed by atoms with Gasteiger partial charge in [-0.2, -0.15) is 0 Å². The standard InChI is InChI=1S/C12H23NO4/c1-8(2)6-10(11(14)16-5)13-12(15)17-7-9(3)4/h8-10H,6-7H2,1-5H3,(H,13,15). The number of ether oxygens (including phenoxy) is 2. The number of carbonyl (C=O) groups excluding carboxylic acids is 2. The highest BCUT2D eigenvalue weighted by Crippen LogP contribution is 2.06. The molecule has 0 bridgehead atoms. The molecule has 0 saturated heterocycles. The molecule has 0 aliphatic heterocycles. The fourth-order valence-corrected chi connectivity index (χ4v) is 1.25. The Bertz CT molecular complexity index is 251. The van der Waals surface area contributed by atoms with Gasteiger partial charge in [-0.05, 0) is 18.3 Å². The zero-order valence-electron chi connectivity index (χ0n) is 11.3. The number of carbonyl (C=O) groups is 2. The molecule has 0 aromatic heterocycles. The summed E-state index contributed by atoms with van der Waals surface area (Å²) in [6, 6.07) is -0.639. The summed E-state index contributed by atoms with van der Waals surface area (Å²) in [7, 11) is 1.30. The second-order valence-corrected chi connectivity index (χ2v) is 4.84. The highest BCUT2D eigenvalue weighted by atomic mass is 16.6. The predicted octanol–water partition coefficient (Wildman–Crippen LogP) is 1.96. The van der Waals surface area contributed by atoms with Crippen LogP contribution in [0, 0.1) is 11.8 Å². The Kier molecular flexibility index (Phi) is 7.34. The van der Waals surface area contributed by atoms with Crippen LogP contribution >= 0.6 is 0 Å². The van der Waals surface area contributed by atoms with Gasteiger partial charge in [-0.25, -0.2) is 9.59 Å². The average molecular weight is 245 g/mol. The average Bonchev–Trinajstić information content (AvgIpc) is 2.23. The summed E-state index contributed by atoms with van der Waals surface area (Å²) in [5.74, 6) is 0.104. The van der Waals surface area contributed by atoms with Crippen LogP contribution in [0.4, 0.5) is 4.79 Å². The monoisotopic (exact) mass is 245 g/mol. The van der Waals surface area contributed by atoms with Gasteiger partial charge >= 0.3 is 12.1 Å². The summed E-state index contributed by atoms with van der Waals surface area (Å²) in [5, 5.41) is 2.52. The number of alkyl carbamates (subject to hydrolysis) is 1. The first-order chi connectivity index (χ1) is 7.86. The maximum Gasteiger partial charge on any atom is 0.407 e. The first-order valence-corrected chi connectivity index (χ1v) is 5.87. The molecule has 0 aliphatic carbocycles. The van der Waals surface area contributed by atoms with Gasteiger partial charge in [-0.1, -0.05) is 27.7 Å². The lowest BCUT2D eigenvalue weighted by Gasteiger charge is -2.18. The van der Waals surface area contributed by atoms with Crippen molar-refractivity contribution in [3.8, 4) is 0 Å². The molecule has 1 atom stereocenters. The molecule has 1 unspecified atom stereocenters. The first kappa shape index (κ1) is 15.7. The lowest BCUT2D eigenvalue weighted by Crippen LogP contribution is -2.42. The highest BCUT2D eigenvalue weighted by Gasteiger charge is 2.23. The van der Waals surface area contributed by atoms with E-state index in [4.69, 9.17) is 4.74 Å². The van der Waals surface area contributed by atoms with Crippen molar-refractivity contribution >= 4 is 12.1 Å². The zero-order valence-corrected chi connectivity index (χ0v) is 11.3. The van der Waals surface area contributed by atoms with Crippen molar-refractivity contribution in [2.24, 2.45) is 11.8 Å². The van der Waals surface area contributed by atoms with Gasteiger partial charge in [-0.3, -0.25) is 0 Å². The minimum Gasteiger partial charge on any atom is -0.467 e. The van der Waals surface area contributed by atoms with E-state index in [1.165, 1.54) is 7.11 Å². The van der Waals surface area contributed by atoms with Crippen LogP contribution in [-0.2, 0) is 14.3 Å². The summed E-state index contributed by atoms with van der Waals surface area (Å²) in [5.41, 5.74) is 0. The summed E-state index contributed by atoms with van der Waals surface area (Å²) in [6.07, 6.45) is -0.0431. The van der Waals surface area contributed by atoms with Crippen LogP contribution in [0.15, 0.2) is 0 Å². The molecule has 5 heteroatoms. The molecule has 0 fully saturated rings. The lowest BCUT2D eigenvalue weighted by molar-refractivity contribution is -0.143. The third kappa shape index (κ3) is 7.60. The topological polar surface area (TPSA) is 64.6 Å². The van der Waals surface area contributed by atoms with E-state index < -0.39 is 18.1 Å². The molecule has 0 radical (unpaired) electrons. The summed E-state index contributed by atoms with van der Waals surface area (Å²) in [6.45, 7) is 8.16. The summed E-state index contributed by atoms with van der Waals surface area (Å²) in [4.78, 5) is 22.8. The molecule has 0 saturated carbocycles. The first-order valence-electron chi connectivity index (χ1n) is 5.87. The van der Waals surface area contributed by atoms with E-state index >= 15 is 0 Å². The molecule has 5 nitrogen and oxygen atoms in total. The molecular formula is C12H23NO4. The van der Waals surface area contributed by atoms with Crippen molar-refractivity contribution in [2.45, 2.75) is 40.2 Å². The third-order valence-corrected chi connectivity index (χ3v) is 2.03. The molecule has 0 spiro atoms. The fourth-order valence-electron chi connectivity index (χ4n) is 1.25. The van der Waals surface area contributed by atoms with Crippen molar-refractivity contribution in [1.29, 1.82) is 0 Å². The smallest absolute Gasteiger partial charge is 0.407 e. The van der Waals surface area contributed by atoms with E-state index in [1.54, 1.807) is 0 Å². The normalized spacial score (nSPS) is 12.4. The van der Waals surface area contributed by atoms with Crippen LogP contribution in [0.5, 0.6) is 0 Å². The van der Waals surface area contributed by atoms with Gasteiger partial charge in [0.05, 0.1) is 13.7 Å². The largest absolute Gasteiger partial charge is 0.467 e. The Morgan fingerprint density at radius 1 is 1.12 bits per heavy atom. The van der Waals surface area contributed by atoms with Gasteiger partial charge in [0, 0.05) is 0 Å². The molecule has 0 aromatic rings. The van der Waals surface area contributed by atoms with E-state index in [1.807, 2.05) is 27.7 Å². The van der Waals surface area contributed by atoms with Gasteiger partial charge in [0.2, 0.25) is 0 Å². The fraction of sp³-hybridized carbons (Fsp3) is 0.833. The van der Waals surface area contributed by atoms with Crippen LogP contribution < -0.4 is 5.32 Å². The number of methoxy groups -OCH3 is 1. The molecule has 1 N–H and O–H groups in total. The van der Waals surface area contributed by atoms with Crippen molar-refractivity contribution < 1.29 is 19.1 Å². The SMILES string of the molecule is COC(=O)C(CC(C)C)NC(=O)OCC(C)C. The number of amides is 1. The van der Waals surface area contributed by atoms with E-state index in [9.17, 15) is 9.59 Å². The van der Waals surface area contributed by atoms with Crippen LogP contribution in [-0.4, -0.2) is 31.8 Å². The van der Waals surface area contributed by atoms with E-state index in [2.05, 4.69) is 10.1 Å². The Balaban J connectivity index is 4.22. The van der Waals surface area contributed by atoms with E-state index in [0.29, 0.717) is 13.0 Å².